The van der Waals surface area contributed by atoms with Gasteiger partial charge in [0.05, 0.1) is 22.7 Å². The zero-order chi connectivity index (χ0) is 15.3. The number of hydrogen-bond donors (Lipinski definition) is 2. The van der Waals surface area contributed by atoms with Gasteiger partial charge in [0, 0.05) is 0 Å². The summed E-state index contributed by atoms with van der Waals surface area (Å²) >= 11 is 1.38. The van der Waals surface area contributed by atoms with Gasteiger partial charge >= 0.3 is 5.97 Å². The highest BCUT2D eigenvalue weighted by Crippen LogP contribution is 2.23. The maximum Gasteiger partial charge on any atom is 0.305 e. The molecule has 112 valence electrons. The highest BCUT2D eigenvalue weighted by molar-refractivity contribution is 7.13. The summed E-state index contributed by atoms with van der Waals surface area (Å²) in [4.78, 5) is 28.3. The molecule has 0 aliphatic rings. The van der Waals surface area contributed by atoms with E-state index in [2.05, 4.69) is 10.3 Å². The monoisotopic (exact) mass is 298 g/mol. The highest BCUT2D eigenvalue weighted by Gasteiger charge is 2.32. The molecule has 5 nitrogen and oxygen atoms in total. The molecule has 0 saturated carbocycles. The van der Waals surface area contributed by atoms with E-state index in [0.29, 0.717) is 23.4 Å². The van der Waals surface area contributed by atoms with Crippen molar-refractivity contribution in [3.63, 3.8) is 0 Å². The van der Waals surface area contributed by atoms with Crippen LogP contribution >= 0.6 is 11.3 Å². The van der Waals surface area contributed by atoms with Crippen molar-refractivity contribution in [2.45, 2.75) is 58.9 Å². The smallest absolute Gasteiger partial charge is 0.305 e. The van der Waals surface area contributed by atoms with Gasteiger partial charge in [-0.25, -0.2) is 4.98 Å². The van der Waals surface area contributed by atoms with Gasteiger partial charge in [0.25, 0.3) is 5.91 Å². The van der Waals surface area contributed by atoms with Gasteiger partial charge in [-0.15, -0.1) is 11.3 Å². The van der Waals surface area contributed by atoms with Crippen molar-refractivity contribution in [2.75, 3.05) is 0 Å². The summed E-state index contributed by atoms with van der Waals surface area (Å²) in [5.41, 5.74) is 0.0203. The molecule has 1 aromatic heterocycles. The number of nitrogens with one attached hydrogen (secondary N) is 1. The Morgan fingerprint density at radius 2 is 1.90 bits per heavy atom. The molecule has 0 unspecified atom stereocenters. The maximum absolute atomic E-state index is 12.4. The molecule has 0 fully saturated rings. The van der Waals surface area contributed by atoms with Crippen LogP contribution in [0.5, 0.6) is 0 Å². The molecule has 0 saturated heterocycles. The number of aryl methyl sites for hydroxylation is 2. The molecule has 0 radical (unpaired) electrons. The van der Waals surface area contributed by atoms with E-state index >= 15 is 0 Å². The quantitative estimate of drug-likeness (QED) is 0.811. The first kappa shape index (κ1) is 16.6. The fourth-order valence-electron chi connectivity index (χ4n) is 2.12. The average molecular weight is 298 g/mol. The van der Waals surface area contributed by atoms with Crippen molar-refractivity contribution < 1.29 is 14.7 Å². The van der Waals surface area contributed by atoms with Crippen LogP contribution in [0.2, 0.25) is 0 Å². The topological polar surface area (TPSA) is 79.3 Å². The molecule has 1 amide bonds. The van der Waals surface area contributed by atoms with Crippen molar-refractivity contribution >= 4 is 23.2 Å². The van der Waals surface area contributed by atoms with Crippen LogP contribution in [-0.4, -0.2) is 27.5 Å². The molecule has 0 aromatic carbocycles. The van der Waals surface area contributed by atoms with E-state index in [1.807, 2.05) is 20.8 Å². The molecule has 0 bridgehead atoms. The van der Waals surface area contributed by atoms with E-state index in [0.717, 1.165) is 11.4 Å². The van der Waals surface area contributed by atoms with Crippen LogP contribution in [0.1, 0.15) is 60.4 Å². The Morgan fingerprint density at radius 1 is 1.30 bits per heavy atom. The molecule has 0 atom stereocenters. The van der Waals surface area contributed by atoms with Gasteiger partial charge in [0.1, 0.15) is 4.88 Å². The molecular weight excluding hydrogens is 276 g/mol. The molecule has 0 aliphatic carbocycles. The number of aliphatic carboxylic acids is 1. The minimum atomic E-state index is -0.899. The largest absolute Gasteiger partial charge is 0.481 e. The third kappa shape index (κ3) is 3.79. The van der Waals surface area contributed by atoms with Gasteiger partial charge in [0.2, 0.25) is 0 Å². The summed E-state index contributed by atoms with van der Waals surface area (Å²) in [7, 11) is 0. The van der Waals surface area contributed by atoms with Gasteiger partial charge in [-0.05, 0) is 26.2 Å². The molecule has 1 heterocycles. The Kier molecular flexibility index (Phi) is 5.68. The second-order valence-corrected chi connectivity index (χ2v) is 5.97. The second kappa shape index (κ2) is 6.83. The fourth-order valence-corrected chi connectivity index (χ4v) is 3.02. The number of carbonyl (C=O) groups excluding carboxylic acids is 1. The Morgan fingerprint density at radius 3 is 2.30 bits per heavy atom. The van der Waals surface area contributed by atoms with Crippen LogP contribution in [-0.2, 0) is 11.2 Å². The Labute approximate surface area is 123 Å². The number of carboxylic acids is 1. The predicted molar refractivity (Wildman–Crippen MR) is 79.3 cm³/mol. The van der Waals surface area contributed by atoms with Gasteiger partial charge < -0.3 is 10.4 Å². The number of aromatic nitrogens is 1. The molecule has 1 aromatic rings. The first-order chi connectivity index (χ1) is 9.37. The Hall–Kier alpha value is -1.43. The van der Waals surface area contributed by atoms with Crippen LogP contribution in [0, 0.1) is 6.92 Å². The van der Waals surface area contributed by atoms with E-state index in [1.54, 1.807) is 6.92 Å². The van der Waals surface area contributed by atoms with Gasteiger partial charge in [-0.3, -0.25) is 9.59 Å². The minimum Gasteiger partial charge on any atom is -0.481 e. The molecule has 0 aliphatic heterocycles. The molecule has 2 N–H and O–H groups in total. The Balaban J connectivity index is 2.95. The third-order valence-corrected chi connectivity index (χ3v) is 4.87. The zero-order valence-electron chi connectivity index (χ0n) is 12.4. The van der Waals surface area contributed by atoms with Gasteiger partial charge in [-0.1, -0.05) is 20.8 Å². The van der Waals surface area contributed by atoms with Crippen LogP contribution < -0.4 is 5.32 Å². The van der Waals surface area contributed by atoms with Gasteiger partial charge in [-0.2, -0.15) is 0 Å². The van der Waals surface area contributed by atoms with Crippen molar-refractivity contribution in [1.82, 2.24) is 10.3 Å². The van der Waals surface area contributed by atoms with Crippen molar-refractivity contribution in [3.8, 4) is 0 Å². The number of rotatable bonds is 7. The maximum atomic E-state index is 12.4. The summed E-state index contributed by atoms with van der Waals surface area (Å²) in [6.07, 6.45) is 1.89. The number of amides is 1. The summed E-state index contributed by atoms with van der Waals surface area (Å²) in [6, 6.07) is 0. The van der Waals surface area contributed by atoms with E-state index < -0.39 is 11.5 Å². The second-order valence-electron chi connectivity index (χ2n) is 4.89. The summed E-state index contributed by atoms with van der Waals surface area (Å²) < 4.78 is 0. The zero-order valence-corrected chi connectivity index (χ0v) is 13.3. The normalized spacial score (nSPS) is 11.4. The molecule has 20 heavy (non-hydrogen) atoms. The third-order valence-electron chi connectivity index (χ3n) is 3.57. The van der Waals surface area contributed by atoms with Crippen molar-refractivity contribution in [3.05, 3.63) is 15.6 Å². The lowest BCUT2D eigenvalue weighted by Crippen LogP contribution is -2.49. The molecule has 0 spiro atoms. The SMILES string of the molecule is CCc1nc(C)c(C(=O)NC(CC)(CC)CC(=O)O)s1. The van der Waals surface area contributed by atoms with E-state index in [1.165, 1.54) is 11.3 Å². The van der Waals surface area contributed by atoms with E-state index in [9.17, 15) is 9.59 Å². The average Bonchev–Trinajstić information content (AvgIpc) is 2.78. The number of nitrogens with zero attached hydrogens (tertiary/aromatic N) is 1. The van der Waals surface area contributed by atoms with Crippen LogP contribution in [0.25, 0.3) is 0 Å². The van der Waals surface area contributed by atoms with E-state index in [4.69, 9.17) is 5.11 Å². The van der Waals surface area contributed by atoms with Crippen molar-refractivity contribution in [2.24, 2.45) is 0 Å². The molecule has 6 heteroatoms. The summed E-state index contributed by atoms with van der Waals surface area (Å²) in [6.45, 7) is 7.58. The van der Waals surface area contributed by atoms with Gasteiger partial charge in [0.15, 0.2) is 0 Å². The fraction of sp³-hybridized carbons (Fsp3) is 0.643. The predicted octanol–water partition coefficient (Wildman–Crippen LogP) is 2.78. The molecule has 1 rings (SSSR count). The summed E-state index contributed by atoms with van der Waals surface area (Å²) in [5.74, 6) is -1.12. The van der Waals surface area contributed by atoms with Crippen LogP contribution in [0.15, 0.2) is 0 Å². The lowest BCUT2D eigenvalue weighted by molar-refractivity contribution is -0.138. The lowest BCUT2D eigenvalue weighted by Gasteiger charge is -2.31. The number of thiazole rings is 1. The van der Waals surface area contributed by atoms with Crippen LogP contribution in [0.3, 0.4) is 0 Å². The number of carboxylic acid groups (broad SMARTS) is 1. The van der Waals surface area contributed by atoms with Crippen molar-refractivity contribution in [1.29, 1.82) is 0 Å². The van der Waals surface area contributed by atoms with E-state index in [-0.39, 0.29) is 12.3 Å². The van der Waals surface area contributed by atoms with Crippen LogP contribution in [0.4, 0.5) is 0 Å². The number of carbonyl (C=O) groups is 2. The number of hydrogen-bond acceptors (Lipinski definition) is 4. The lowest BCUT2D eigenvalue weighted by atomic mass is 9.89. The minimum absolute atomic E-state index is 0.0653. The highest BCUT2D eigenvalue weighted by atomic mass is 32.1. The molecular formula is C14H22N2O3S. The standard InChI is InChI=1S/C14H22N2O3S/c1-5-10-15-9(4)12(20-10)13(19)16-14(6-2,7-3)8-11(17)18/h5-8H2,1-4H3,(H,16,19)(H,17,18). The first-order valence-electron chi connectivity index (χ1n) is 6.88. The Bertz CT molecular complexity index is 493. The first-order valence-corrected chi connectivity index (χ1v) is 7.69. The summed E-state index contributed by atoms with van der Waals surface area (Å²) in [5, 5.41) is 12.9.